The van der Waals surface area contributed by atoms with Crippen LogP contribution in [-0.4, -0.2) is 25.2 Å². The molecule has 0 unspecified atom stereocenters. The Morgan fingerprint density at radius 2 is 2.19 bits per heavy atom. The van der Waals surface area contributed by atoms with Gasteiger partial charge >= 0.3 is 0 Å². The average molecular weight is 323 g/mol. The van der Waals surface area contributed by atoms with Gasteiger partial charge in [-0.15, -0.1) is 22.9 Å². The molecule has 0 fully saturated rings. The molecule has 4 nitrogen and oxygen atoms in total. The van der Waals surface area contributed by atoms with Gasteiger partial charge in [0.15, 0.2) is 5.65 Å². The molecule has 3 heterocycles. The third-order valence-corrected chi connectivity index (χ3v) is 4.99. The van der Waals surface area contributed by atoms with Crippen LogP contribution < -0.4 is 0 Å². The molecule has 0 aromatic carbocycles. The van der Waals surface area contributed by atoms with Crippen molar-refractivity contribution in [2.75, 3.05) is 5.88 Å². The largest absolute Gasteiger partial charge is 0.308 e. The maximum Gasteiger partial charge on any atom is 0.159 e. The third kappa shape index (κ3) is 2.49. The van der Waals surface area contributed by atoms with E-state index in [9.17, 15) is 0 Å². The summed E-state index contributed by atoms with van der Waals surface area (Å²) in [5, 5.41) is 6.73. The van der Waals surface area contributed by atoms with Crippen LogP contribution in [0, 0.1) is 6.92 Å². The van der Waals surface area contributed by atoms with E-state index in [1.807, 2.05) is 11.7 Å². The van der Waals surface area contributed by atoms with Crippen LogP contribution >= 0.6 is 22.9 Å². The molecule has 0 N–H and O–H groups in total. The van der Waals surface area contributed by atoms with Crippen molar-refractivity contribution in [2.45, 2.75) is 33.2 Å². The van der Waals surface area contributed by atoms with E-state index in [1.165, 1.54) is 10.4 Å². The summed E-state index contributed by atoms with van der Waals surface area (Å²) in [5.41, 5.74) is 4.51. The number of alkyl halides is 1. The topological polar surface area (TPSA) is 35.6 Å². The fourth-order valence-corrected chi connectivity index (χ4v) is 3.74. The van der Waals surface area contributed by atoms with Gasteiger partial charge in [-0.25, -0.2) is 4.98 Å². The van der Waals surface area contributed by atoms with Crippen molar-refractivity contribution in [3.63, 3.8) is 0 Å². The second-order valence-corrected chi connectivity index (χ2v) is 6.55. The van der Waals surface area contributed by atoms with Gasteiger partial charge in [0.2, 0.25) is 0 Å². The van der Waals surface area contributed by atoms with Gasteiger partial charge in [0.1, 0.15) is 11.3 Å². The summed E-state index contributed by atoms with van der Waals surface area (Å²) < 4.78 is 4.21. The first-order chi connectivity index (χ1) is 10.2. The standard InChI is InChI=1S/C15H19ClN4S/c1-4-11-14-15(19(3)18-11)20(13(17-14)5-7-16)9-12-10(2)6-8-21-12/h6,8H,4-5,7,9H2,1-3H3. The molecule has 0 atom stereocenters. The first kappa shape index (κ1) is 14.6. The molecule has 0 spiro atoms. The third-order valence-electron chi connectivity index (χ3n) is 3.79. The Labute approximate surface area is 133 Å². The molecule has 0 amide bonds. The van der Waals surface area contributed by atoms with Crippen LogP contribution in [0.4, 0.5) is 0 Å². The number of hydrogen-bond acceptors (Lipinski definition) is 3. The van der Waals surface area contributed by atoms with Crippen LogP contribution in [0.5, 0.6) is 0 Å². The minimum absolute atomic E-state index is 0.585. The highest BCUT2D eigenvalue weighted by Crippen LogP contribution is 2.24. The fourth-order valence-electron chi connectivity index (χ4n) is 2.68. The number of halogens is 1. The summed E-state index contributed by atoms with van der Waals surface area (Å²) in [5.74, 6) is 1.64. The number of aromatic nitrogens is 4. The molecule has 0 aliphatic carbocycles. The van der Waals surface area contributed by atoms with Crippen molar-refractivity contribution in [3.05, 3.63) is 33.4 Å². The van der Waals surface area contributed by atoms with Crippen molar-refractivity contribution in [3.8, 4) is 0 Å². The van der Waals surface area contributed by atoms with Crippen LogP contribution in [0.2, 0.25) is 0 Å². The Morgan fingerprint density at radius 3 is 2.81 bits per heavy atom. The molecule has 3 aromatic heterocycles. The molecule has 0 saturated heterocycles. The molecule has 0 aliphatic rings. The van der Waals surface area contributed by atoms with Crippen molar-refractivity contribution >= 4 is 34.1 Å². The number of thiophene rings is 1. The molecule has 0 bridgehead atoms. The molecule has 0 aliphatic heterocycles. The summed E-state index contributed by atoms with van der Waals surface area (Å²) in [6.45, 7) is 5.11. The molecule has 3 rings (SSSR count). The zero-order valence-electron chi connectivity index (χ0n) is 12.6. The predicted octanol–water partition coefficient (Wildman–Crippen LogP) is 3.53. The minimum atomic E-state index is 0.585. The molecule has 6 heteroatoms. The summed E-state index contributed by atoms with van der Waals surface area (Å²) in [6.07, 6.45) is 1.68. The van der Waals surface area contributed by atoms with Crippen molar-refractivity contribution < 1.29 is 0 Å². The monoisotopic (exact) mass is 322 g/mol. The highest BCUT2D eigenvalue weighted by Gasteiger charge is 2.19. The first-order valence-corrected chi connectivity index (χ1v) is 8.57. The van der Waals surface area contributed by atoms with E-state index in [4.69, 9.17) is 16.6 Å². The number of imidazole rings is 1. The summed E-state index contributed by atoms with van der Waals surface area (Å²) >= 11 is 7.75. The quantitative estimate of drug-likeness (QED) is 0.674. The van der Waals surface area contributed by atoms with E-state index in [0.29, 0.717) is 5.88 Å². The lowest BCUT2D eigenvalue weighted by atomic mass is 10.3. The van der Waals surface area contributed by atoms with Crippen LogP contribution in [0.25, 0.3) is 11.2 Å². The van der Waals surface area contributed by atoms with Gasteiger partial charge in [-0.05, 0) is 30.4 Å². The van der Waals surface area contributed by atoms with Gasteiger partial charge in [-0.1, -0.05) is 6.92 Å². The minimum Gasteiger partial charge on any atom is -0.308 e. The van der Waals surface area contributed by atoms with E-state index >= 15 is 0 Å². The summed E-state index contributed by atoms with van der Waals surface area (Å²) in [6, 6.07) is 2.16. The summed E-state index contributed by atoms with van der Waals surface area (Å²) in [7, 11) is 1.99. The van der Waals surface area contributed by atoms with Crippen molar-refractivity contribution in [2.24, 2.45) is 7.05 Å². The Hall–Kier alpha value is -1.33. The van der Waals surface area contributed by atoms with Gasteiger partial charge in [-0.3, -0.25) is 4.68 Å². The second-order valence-electron chi connectivity index (χ2n) is 5.18. The smallest absolute Gasteiger partial charge is 0.159 e. The number of aryl methyl sites for hydroxylation is 4. The second kappa shape index (κ2) is 5.81. The van der Waals surface area contributed by atoms with Gasteiger partial charge < -0.3 is 4.57 Å². The molecule has 0 radical (unpaired) electrons. The molecule has 21 heavy (non-hydrogen) atoms. The number of rotatable bonds is 5. The van der Waals surface area contributed by atoms with Crippen LogP contribution in [0.15, 0.2) is 11.4 Å². The van der Waals surface area contributed by atoms with Crippen molar-refractivity contribution in [1.29, 1.82) is 0 Å². The Morgan fingerprint density at radius 1 is 1.38 bits per heavy atom. The lowest BCUT2D eigenvalue weighted by molar-refractivity contribution is 0.691. The summed E-state index contributed by atoms with van der Waals surface area (Å²) in [4.78, 5) is 6.17. The average Bonchev–Trinajstić information content (AvgIpc) is 3.10. The maximum atomic E-state index is 5.96. The van der Waals surface area contributed by atoms with Crippen LogP contribution in [-0.2, 0) is 26.4 Å². The number of nitrogens with zero attached hydrogens (tertiary/aromatic N) is 4. The van der Waals surface area contributed by atoms with E-state index in [1.54, 1.807) is 11.3 Å². The van der Waals surface area contributed by atoms with E-state index in [-0.39, 0.29) is 0 Å². The van der Waals surface area contributed by atoms with E-state index in [0.717, 1.165) is 42.1 Å². The highest BCUT2D eigenvalue weighted by molar-refractivity contribution is 7.10. The van der Waals surface area contributed by atoms with Gasteiger partial charge in [0, 0.05) is 24.2 Å². The Kier molecular flexibility index (Phi) is 4.04. The van der Waals surface area contributed by atoms with Gasteiger partial charge in [-0.2, -0.15) is 5.10 Å². The van der Waals surface area contributed by atoms with Crippen molar-refractivity contribution in [1.82, 2.24) is 19.3 Å². The van der Waals surface area contributed by atoms with E-state index < -0.39 is 0 Å². The van der Waals surface area contributed by atoms with Crippen LogP contribution in [0.3, 0.4) is 0 Å². The Balaban J connectivity index is 2.15. The lowest BCUT2D eigenvalue weighted by Crippen LogP contribution is -2.09. The normalized spacial score (nSPS) is 11.6. The van der Waals surface area contributed by atoms with E-state index in [2.05, 4.69) is 35.0 Å². The zero-order valence-corrected chi connectivity index (χ0v) is 14.1. The fraction of sp³-hybridized carbons (Fsp3) is 0.467. The van der Waals surface area contributed by atoms with Crippen LogP contribution in [0.1, 0.15) is 28.9 Å². The van der Waals surface area contributed by atoms with Gasteiger partial charge in [0.25, 0.3) is 0 Å². The number of fused-ring (bicyclic) bond motifs is 1. The highest BCUT2D eigenvalue weighted by atomic mass is 35.5. The molecule has 112 valence electrons. The van der Waals surface area contributed by atoms with Gasteiger partial charge in [0.05, 0.1) is 12.2 Å². The maximum absolute atomic E-state index is 5.96. The molecule has 3 aromatic rings. The molecular formula is C15H19ClN4S. The lowest BCUT2D eigenvalue weighted by Gasteiger charge is -2.08. The number of hydrogen-bond donors (Lipinski definition) is 0. The first-order valence-electron chi connectivity index (χ1n) is 7.15. The Bertz CT molecular complexity index is 768. The molecule has 0 saturated carbocycles. The SMILES string of the molecule is CCc1nn(C)c2c1nc(CCCl)n2Cc1sccc1C. The zero-order chi connectivity index (χ0) is 15.0. The molecular weight excluding hydrogens is 304 g/mol. The predicted molar refractivity (Wildman–Crippen MR) is 88.5 cm³/mol.